The van der Waals surface area contributed by atoms with Crippen LogP contribution in [0.3, 0.4) is 0 Å². The van der Waals surface area contributed by atoms with Gasteiger partial charge < -0.3 is 5.32 Å². The molecule has 0 spiro atoms. The number of benzene rings is 1. The molecule has 3 nitrogen and oxygen atoms in total. The van der Waals surface area contributed by atoms with Crippen molar-refractivity contribution in [2.75, 3.05) is 11.9 Å². The van der Waals surface area contributed by atoms with E-state index >= 15 is 0 Å². The Bertz CT molecular complexity index is 629. The zero-order valence-corrected chi connectivity index (χ0v) is 14.0. The normalized spacial score (nSPS) is 10.7. The minimum atomic E-state index is -0.268. The van der Waals surface area contributed by atoms with Crippen LogP contribution >= 0.6 is 22.6 Å². The summed E-state index contributed by atoms with van der Waals surface area (Å²) in [6, 6.07) is 4.70. The van der Waals surface area contributed by atoms with Crippen LogP contribution in [0, 0.1) is 16.3 Å². The van der Waals surface area contributed by atoms with Gasteiger partial charge in [0.1, 0.15) is 11.6 Å². The first-order chi connectivity index (χ1) is 9.56. The summed E-state index contributed by atoms with van der Waals surface area (Å²) in [4.78, 5) is 9.13. The van der Waals surface area contributed by atoms with E-state index in [0.29, 0.717) is 5.82 Å². The smallest absolute Gasteiger partial charge is 0.162 e. The highest BCUT2D eigenvalue weighted by molar-refractivity contribution is 14.1. The van der Waals surface area contributed by atoms with Gasteiger partial charge in [-0.1, -0.05) is 13.0 Å². The molecule has 0 fully saturated rings. The summed E-state index contributed by atoms with van der Waals surface area (Å²) in [5.41, 5.74) is 2.70. The summed E-state index contributed by atoms with van der Waals surface area (Å²) in [5, 5.41) is 3.24. The Hall–Kier alpha value is -1.24. The molecule has 0 radical (unpaired) electrons. The number of nitrogens with one attached hydrogen (secondary N) is 1. The summed E-state index contributed by atoms with van der Waals surface area (Å²) < 4.78 is 14.5. The maximum absolute atomic E-state index is 13.5. The number of hydrogen-bond acceptors (Lipinski definition) is 3. The number of hydrogen-bond donors (Lipinski definition) is 1. The summed E-state index contributed by atoms with van der Waals surface area (Å²) >= 11 is 2.25. The van der Waals surface area contributed by atoms with E-state index in [2.05, 4.69) is 44.8 Å². The fourth-order valence-electron chi connectivity index (χ4n) is 1.97. The van der Waals surface area contributed by atoms with Crippen LogP contribution in [0.2, 0.25) is 0 Å². The summed E-state index contributed by atoms with van der Waals surface area (Å²) in [6.45, 7) is 6.81. The summed E-state index contributed by atoms with van der Waals surface area (Å²) in [5.74, 6) is 1.13. The van der Waals surface area contributed by atoms with E-state index in [1.165, 1.54) is 12.1 Å². The maximum Gasteiger partial charge on any atom is 0.162 e. The molecule has 0 unspecified atom stereocenters. The average Bonchev–Trinajstić information content (AvgIpc) is 2.44. The highest BCUT2D eigenvalue weighted by Gasteiger charge is 2.13. The fourth-order valence-corrected chi connectivity index (χ4v) is 2.78. The fraction of sp³-hybridized carbons (Fsp3) is 0.333. The number of aromatic nitrogens is 2. The van der Waals surface area contributed by atoms with E-state index in [9.17, 15) is 4.39 Å². The summed E-state index contributed by atoms with van der Waals surface area (Å²) in [7, 11) is 0. The molecule has 2 rings (SSSR count). The van der Waals surface area contributed by atoms with Gasteiger partial charge in [-0.25, -0.2) is 14.4 Å². The molecule has 0 bridgehead atoms. The van der Waals surface area contributed by atoms with Crippen LogP contribution in [0.25, 0.3) is 11.4 Å². The Labute approximate surface area is 132 Å². The molecule has 1 heterocycles. The van der Waals surface area contributed by atoms with Crippen LogP contribution in [-0.4, -0.2) is 16.5 Å². The molecule has 0 amide bonds. The van der Waals surface area contributed by atoms with Gasteiger partial charge >= 0.3 is 0 Å². The van der Waals surface area contributed by atoms with Crippen molar-refractivity contribution in [3.63, 3.8) is 0 Å². The van der Waals surface area contributed by atoms with Gasteiger partial charge in [0, 0.05) is 12.1 Å². The molecule has 0 saturated carbocycles. The van der Waals surface area contributed by atoms with Crippen LogP contribution in [0.15, 0.2) is 18.2 Å². The highest BCUT2D eigenvalue weighted by Crippen LogP contribution is 2.26. The van der Waals surface area contributed by atoms with E-state index in [0.717, 1.165) is 39.2 Å². The summed E-state index contributed by atoms with van der Waals surface area (Å²) in [6.07, 6.45) is 0.820. The van der Waals surface area contributed by atoms with Gasteiger partial charge in [0.05, 0.1) is 9.26 Å². The molecule has 1 N–H and O–H groups in total. The average molecular weight is 385 g/mol. The van der Waals surface area contributed by atoms with Crippen LogP contribution in [0.4, 0.5) is 10.2 Å². The molecule has 106 valence electrons. The molecule has 1 aromatic carbocycles. The molecule has 20 heavy (non-hydrogen) atoms. The van der Waals surface area contributed by atoms with Gasteiger partial charge in [-0.3, -0.25) is 0 Å². The zero-order chi connectivity index (χ0) is 14.7. The lowest BCUT2D eigenvalue weighted by Crippen LogP contribution is -2.08. The SMILES string of the molecule is CCNc1nc(-c2cc(F)ccc2C)nc(CC)c1I. The van der Waals surface area contributed by atoms with E-state index in [1.807, 2.05) is 13.8 Å². The first-order valence-electron chi connectivity index (χ1n) is 6.63. The molecule has 1 aromatic heterocycles. The van der Waals surface area contributed by atoms with Gasteiger partial charge in [0.2, 0.25) is 0 Å². The Morgan fingerprint density at radius 2 is 2.00 bits per heavy atom. The number of halogens is 2. The van der Waals surface area contributed by atoms with Crippen LogP contribution < -0.4 is 5.32 Å². The van der Waals surface area contributed by atoms with E-state index in [-0.39, 0.29) is 5.82 Å². The molecule has 0 aliphatic rings. The van der Waals surface area contributed by atoms with Gasteiger partial charge in [-0.15, -0.1) is 0 Å². The predicted octanol–water partition coefficient (Wildman–Crippen LogP) is 4.19. The number of anilines is 1. The monoisotopic (exact) mass is 385 g/mol. The second-order valence-corrected chi connectivity index (χ2v) is 5.58. The lowest BCUT2D eigenvalue weighted by Gasteiger charge is -2.12. The van der Waals surface area contributed by atoms with Crippen molar-refractivity contribution in [3.05, 3.63) is 38.8 Å². The Kier molecular flexibility index (Phi) is 4.91. The zero-order valence-electron chi connectivity index (χ0n) is 11.8. The standard InChI is InChI=1S/C15H17FIN3/c1-4-12-13(17)15(18-5-2)20-14(19-12)11-8-10(16)7-6-9(11)3/h6-8H,4-5H2,1-3H3,(H,18,19,20). The van der Waals surface area contributed by atoms with Crippen molar-refractivity contribution in [2.45, 2.75) is 27.2 Å². The van der Waals surface area contributed by atoms with Gasteiger partial charge in [0.15, 0.2) is 5.82 Å². The van der Waals surface area contributed by atoms with Gasteiger partial charge in [-0.2, -0.15) is 0 Å². The molecule has 0 aliphatic heterocycles. The van der Waals surface area contributed by atoms with Crippen LogP contribution in [0.5, 0.6) is 0 Å². The molecule has 5 heteroatoms. The van der Waals surface area contributed by atoms with Gasteiger partial charge in [-0.05, 0) is 60.6 Å². The molecule has 0 aliphatic carbocycles. The largest absolute Gasteiger partial charge is 0.369 e. The van der Waals surface area contributed by atoms with Crippen LogP contribution in [-0.2, 0) is 6.42 Å². The van der Waals surface area contributed by atoms with E-state index in [4.69, 9.17) is 0 Å². The lowest BCUT2D eigenvalue weighted by atomic mass is 10.1. The molecular formula is C15H17FIN3. The third-order valence-electron chi connectivity index (χ3n) is 3.04. The second-order valence-electron chi connectivity index (χ2n) is 4.50. The van der Waals surface area contributed by atoms with Crippen molar-refractivity contribution in [1.29, 1.82) is 0 Å². The first kappa shape index (κ1) is 15.2. The number of rotatable bonds is 4. The third-order valence-corrected chi connectivity index (χ3v) is 4.17. The lowest BCUT2D eigenvalue weighted by molar-refractivity contribution is 0.627. The molecule has 0 saturated heterocycles. The highest BCUT2D eigenvalue weighted by atomic mass is 127. The van der Waals surface area contributed by atoms with Crippen molar-refractivity contribution in [1.82, 2.24) is 9.97 Å². The van der Waals surface area contributed by atoms with Crippen molar-refractivity contribution < 1.29 is 4.39 Å². The van der Waals surface area contributed by atoms with E-state index < -0.39 is 0 Å². The minimum absolute atomic E-state index is 0.268. The quantitative estimate of drug-likeness (QED) is 0.803. The number of nitrogens with zero attached hydrogens (tertiary/aromatic N) is 2. The second kappa shape index (κ2) is 6.47. The minimum Gasteiger partial charge on any atom is -0.369 e. The van der Waals surface area contributed by atoms with Crippen molar-refractivity contribution >= 4 is 28.4 Å². The molecule has 2 aromatic rings. The first-order valence-corrected chi connectivity index (χ1v) is 7.71. The third kappa shape index (κ3) is 3.08. The van der Waals surface area contributed by atoms with Crippen molar-refractivity contribution in [3.8, 4) is 11.4 Å². The molecule has 0 atom stereocenters. The Morgan fingerprint density at radius 1 is 1.25 bits per heavy atom. The Balaban J connectivity index is 2.61. The predicted molar refractivity (Wildman–Crippen MR) is 88.4 cm³/mol. The van der Waals surface area contributed by atoms with Crippen LogP contribution in [0.1, 0.15) is 25.1 Å². The maximum atomic E-state index is 13.5. The molecular weight excluding hydrogens is 368 g/mol. The van der Waals surface area contributed by atoms with Gasteiger partial charge in [0.25, 0.3) is 0 Å². The Morgan fingerprint density at radius 3 is 2.65 bits per heavy atom. The number of aryl methyl sites for hydroxylation is 2. The van der Waals surface area contributed by atoms with E-state index in [1.54, 1.807) is 6.07 Å². The van der Waals surface area contributed by atoms with Crippen molar-refractivity contribution in [2.24, 2.45) is 0 Å². The topological polar surface area (TPSA) is 37.8 Å².